The van der Waals surface area contributed by atoms with Crippen LogP contribution in [-0.2, 0) is 11.2 Å². The molecule has 35 heavy (non-hydrogen) atoms. The number of methoxy groups -OCH3 is 2. The van der Waals surface area contributed by atoms with E-state index in [9.17, 15) is 4.79 Å². The van der Waals surface area contributed by atoms with E-state index >= 15 is 0 Å². The van der Waals surface area contributed by atoms with Gasteiger partial charge in [-0.3, -0.25) is 0 Å². The van der Waals surface area contributed by atoms with Gasteiger partial charge in [0.1, 0.15) is 10.6 Å². The van der Waals surface area contributed by atoms with Crippen molar-refractivity contribution in [2.45, 2.75) is 27.2 Å². The van der Waals surface area contributed by atoms with Gasteiger partial charge in [-0.15, -0.1) is 22.7 Å². The van der Waals surface area contributed by atoms with Gasteiger partial charge in [0.25, 0.3) is 0 Å². The van der Waals surface area contributed by atoms with Crippen molar-refractivity contribution in [2.75, 3.05) is 19.5 Å². The Bertz CT molecular complexity index is 1360. The summed E-state index contributed by atoms with van der Waals surface area (Å²) in [5.41, 5.74) is 4.55. The Balaban J connectivity index is 1.74. The lowest BCUT2D eigenvalue weighted by atomic mass is 10.0. The van der Waals surface area contributed by atoms with Crippen molar-refractivity contribution in [2.24, 2.45) is 5.92 Å². The molecule has 0 fully saturated rings. The summed E-state index contributed by atoms with van der Waals surface area (Å²) in [6.07, 6.45) is 0.892. The van der Waals surface area contributed by atoms with Gasteiger partial charge in [-0.05, 0) is 54.7 Å². The average Bonchev–Trinajstić information content (AvgIpc) is 3.44. The minimum atomic E-state index is -0.392. The number of aryl methyl sites for hydroxylation is 1. The highest BCUT2D eigenvalue weighted by atomic mass is 35.5. The number of ether oxygens (including phenoxy) is 2. The number of aromatic nitrogens is 1. The topological polar surface area (TPSA) is 60.5 Å². The summed E-state index contributed by atoms with van der Waals surface area (Å²) < 4.78 is 10.4. The summed E-state index contributed by atoms with van der Waals surface area (Å²) in [5.74, 6) is 0.829. The van der Waals surface area contributed by atoms with Gasteiger partial charge >= 0.3 is 5.97 Å². The number of thiophene rings is 1. The number of carbonyl (C=O) groups is 1. The number of benzene rings is 2. The second-order valence-electron chi connectivity index (χ2n) is 8.55. The van der Waals surface area contributed by atoms with Crippen molar-refractivity contribution < 1.29 is 14.3 Å². The molecule has 0 aliphatic rings. The highest BCUT2D eigenvalue weighted by molar-refractivity contribution is 7.18. The Morgan fingerprint density at radius 2 is 1.89 bits per heavy atom. The zero-order valence-corrected chi connectivity index (χ0v) is 22.7. The van der Waals surface area contributed by atoms with E-state index in [1.165, 1.54) is 23.3 Å². The first kappa shape index (κ1) is 25.2. The first-order valence-electron chi connectivity index (χ1n) is 11.2. The van der Waals surface area contributed by atoms with Crippen LogP contribution in [0, 0.1) is 12.8 Å². The van der Waals surface area contributed by atoms with E-state index in [1.54, 1.807) is 18.4 Å². The largest absolute Gasteiger partial charge is 0.497 e. The number of anilines is 2. The van der Waals surface area contributed by atoms with Crippen molar-refractivity contribution in [3.63, 3.8) is 0 Å². The van der Waals surface area contributed by atoms with Gasteiger partial charge in [0.05, 0.1) is 25.6 Å². The van der Waals surface area contributed by atoms with Gasteiger partial charge in [-0.1, -0.05) is 49.7 Å². The first-order chi connectivity index (χ1) is 16.8. The maximum atomic E-state index is 12.6. The van der Waals surface area contributed by atoms with Crippen molar-refractivity contribution in [1.29, 1.82) is 0 Å². The van der Waals surface area contributed by atoms with Crippen molar-refractivity contribution in [3.05, 3.63) is 68.9 Å². The summed E-state index contributed by atoms with van der Waals surface area (Å²) in [4.78, 5) is 20.1. The Labute approximate surface area is 218 Å². The lowest BCUT2D eigenvalue weighted by Crippen LogP contribution is -2.01. The maximum Gasteiger partial charge on any atom is 0.350 e. The summed E-state index contributed by atoms with van der Waals surface area (Å²) in [6, 6.07) is 15.7. The molecule has 4 rings (SSSR count). The molecule has 0 radical (unpaired) electrons. The van der Waals surface area contributed by atoms with Gasteiger partial charge in [0.15, 0.2) is 5.13 Å². The molecular weight excluding hydrogens is 500 g/mol. The first-order valence-corrected chi connectivity index (χ1v) is 13.2. The molecule has 2 heterocycles. The fraction of sp³-hybridized carbons (Fsp3) is 0.259. The SMILES string of the molecule is COC(=O)c1sc(-c2cccc(OC)c2)cc1Nc1nc(-c2ccc(C)c(Cl)c2)c(CC(C)C)s1. The van der Waals surface area contributed by atoms with Crippen molar-refractivity contribution in [1.82, 2.24) is 4.98 Å². The van der Waals surface area contributed by atoms with E-state index in [-0.39, 0.29) is 0 Å². The number of rotatable bonds is 8. The third kappa shape index (κ3) is 5.69. The zero-order valence-electron chi connectivity index (χ0n) is 20.3. The fourth-order valence-corrected chi connectivity index (χ4v) is 6.06. The smallest absolute Gasteiger partial charge is 0.350 e. The predicted octanol–water partition coefficient (Wildman–Crippen LogP) is 8.24. The second kappa shape index (κ2) is 10.8. The number of carbonyl (C=O) groups excluding carboxylic acids is 1. The lowest BCUT2D eigenvalue weighted by molar-refractivity contribution is 0.0607. The molecule has 4 aromatic rings. The van der Waals surface area contributed by atoms with Crippen LogP contribution >= 0.6 is 34.3 Å². The third-order valence-electron chi connectivity index (χ3n) is 5.43. The Morgan fingerprint density at radius 3 is 2.57 bits per heavy atom. The molecule has 0 saturated heterocycles. The number of esters is 1. The van der Waals surface area contributed by atoms with Gasteiger partial charge < -0.3 is 14.8 Å². The van der Waals surface area contributed by atoms with Crippen LogP contribution in [0.1, 0.15) is 34.0 Å². The minimum Gasteiger partial charge on any atom is -0.497 e. The Hall–Kier alpha value is -2.87. The van der Waals surface area contributed by atoms with Crippen LogP contribution in [0.15, 0.2) is 48.5 Å². The Kier molecular flexibility index (Phi) is 7.79. The number of hydrogen-bond acceptors (Lipinski definition) is 7. The van der Waals surface area contributed by atoms with Crippen LogP contribution in [0.3, 0.4) is 0 Å². The number of halogens is 1. The summed E-state index contributed by atoms with van der Waals surface area (Å²) in [7, 11) is 3.02. The van der Waals surface area contributed by atoms with Crippen molar-refractivity contribution >= 4 is 51.1 Å². The molecule has 0 aliphatic carbocycles. The highest BCUT2D eigenvalue weighted by Gasteiger charge is 2.21. The molecule has 0 spiro atoms. The number of nitrogens with one attached hydrogen (secondary N) is 1. The van der Waals surface area contributed by atoms with E-state index in [0.29, 0.717) is 26.6 Å². The molecule has 1 N–H and O–H groups in total. The van der Waals surface area contributed by atoms with E-state index in [2.05, 4.69) is 25.2 Å². The molecule has 0 atom stereocenters. The minimum absolute atomic E-state index is 0.392. The summed E-state index contributed by atoms with van der Waals surface area (Å²) >= 11 is 9.38. The van der Waals surface area contributed by atoms with E-state index in [4.69, 9.17) is 26.1 Å². The van der Waals surface area contributed by atoms with Crippen LogP contribution in [-0.4, -0.2) is 25.2 Å². The predicted molar refractivity (Wildman–Crippen MR) is 147 cm³/mol. The molecule has 8 heteroatoms. The standard InChI is InChI=1S/C27H27ClN2O3S2/c1-15(2)11-23-24(18-10-9-16(3)20(28)13-18)30-27(35-23)29-21-14-22(34-25(21)26(31)33-5)17-7-6-8-19(12-17)32-4/h6-10,12-15H,11H2,1-5H3,(H,29,30). The van der Waals surface area contributed by atoms with Gasteiger partial charge in [-0.25, -0.2) is 9.78 Å². The van der Waals surface area contributed by atoms with E-state index in [0.717, 1.165) is 39.4 Å². The van der Waals surface area contributed by atoms with Gasteiger partial charge in [-0.2, -0.15) is 0 Å². The number of nitrogens with zero attached hydrogens (tertiary/aromatic N) is 1. The molecule has 2 aromatic heterocycles. The summed E-state index contributed by atoms with van der Waals surface area (Å²) in [5, 5.41) is 4.82. The van der Waals surface area contributed by atoms with Crippen LogP contribution in [0.5, 0.6) is 5.75 Å². The zero-order chi connectivity index (χ0) is 25.1. The highest BCUT2D eigenvalue weighted by Crippen LogP contribution is 2.40. The Morgan fingerprint density at radius 1 is 1.09 bits per heavy atom. The van der Waals surface area contributed by atoms with Crippen LogP contribution < -0.4 is 10.1 Å². The van der Waals surface area contributed by atoms with E-state index < -0.39 is 5.97 Å². The quantitative estimate of drug-likeness (QED) is 0.234. The molecule has 0 unspecified atom stereocenters. The van der Waals surface area contributed by atoms with Gasteiger partial charge in [0.2, 0.25) is 0 Å². The molecule has 2 aromatic carbocycles. The molecule has 0 bridgehead atoms. The van der Waals surface area contributed by atoms with Crippen LogP contribution in [0.2, 0.25) is 5.02 Å². The lowest BCUT2D eigenvalue weighted by Gasteiger charge is -2.06. The molecule has 0 aliphatic heterocycles. The van der Waals surface area contributed by atoms with Crippen LogP contribution in [0.4, 0.5) is 10.8 Å². The fourth-order valence-electron chi connectivity index (χ4n) is 3.64. The van der Waals surface area contributed by atoms with Crippen molar-refractivity contribution in [3.8, 4) is 27.4 Å². The van der Waals surface area contributed by atoms with Gasteiger partial charge in [0, 0.05) is 20.3 Å². The maximum absolute atomic E-state index is 12.6. The third-order valence-corrected chi connectivity index (χ3v) is 8.00. The molecule has 182 valence electrons. The van der Waals surface area contributed by atoms with E-state index in [1.807, 2.05) is 49.4 Å². The molecule has 0 saturated carbocycles. The number of hydrogen-bond donors (Lipinski definition) is 1. The second-order valence-corrected chi connectivity index (χ2v) is 11.1. The normalized spacial score (nSPS) is 11.1. The monoisotopic (exact) mass is 526 g/mol. The van der Waals surface area contributed by atoms with Crippen LogP contribution in [0.25, 0.3) is 21.7 Å². The molecule has 5 nitrogen and oxygen atoms in total. The molecule has 0 amide bonds. The summed E-state index contributed by atoms with van der Waals surface area (Å²) in [6.45, 7) is 6.36. The average molecular weight is 527 g/mol. The number of thiazole rings is 1. The molecular formula is C27H27ClN2O3S2.